The maximum absolute atomic E-state index is 12.5. The molecule has 0 aliphatic carbocycles. The van der Waals surface area contributed by atoms with Gasteiger partial charge in [-0.3, -0.25) is 29.0 Å². The highest BCUT2D eigenvalue weighted by atomic mass is 31.2. The zero-order valence-electron chi connectivity index (χ0n) is 22.6. The second kappa shape index (κ2) is 11.5. The third-order valence-electron chi connectivity index (χ3n) is 6.48. The van der Waals surface area contributed by atoms with Crippen molar-refractivity contribution >= 4 is 30.6 Å². The van der Waals surface area contributed by atoms with Gasteiger partial charge >= 0.3 is 5.65 Å². The van der Waals surface area contributed by atoms with Gasteiger partial charge in [0.1, 0.15) is 25.1 Å². The zero-order valence-corrected chi connectivity index (χ0v) is 23.5. The Morgan fingerprint density at radius 3 is 2.68 bits per heavy atom. The number of para-hydroxylation sites is 1. The molecule has 1 aromatic carbocycles. The number of aryl methyl sites for hydroxylation is 1. The first-order valence-corrected chi connectivity index (χ1v) is 13.8. The topological polar surface area (TPSA) is 241 Å². The van der Waals surface area contributed by atoms with Crippen LogP contribution in [0.2, 0.25) is 0 Å². The predicted molar refractivity (Wildman–Crippen MR) is 138 cm³/mol. The van der Waals surface area contributed by atoms with Crippen LogP contribution in [0, 0.1) is 15.5 Å². The number of aromatic amines is 1. The molecular weight excluding hydrogens is 567 g/mol. The number of imidazole rings is 1. The van der Waals surface area contributed by atoms with Gasteiger partial charge in [-0.15, -0.1) is 0 Å². The Bertz CT molecular complexity index is 1530. The van der Waals surface area contributed by atoms with E-state index in [4.69, 9.17) is 24.8 Å². The molecule has 0 bridgehead atoms. The van der Waals surface area contributed by atoms with Gasteiger partial charge in [0.25, 0.3) is 25.0 Å². The van der Waals surface area contributed by atoms with Crippen molar-refractivity contribution in [1.29, 1.82) is 0 Å². The molecule has 4 rings (SSSR count). The lowest BCUT2D eigenvalue weighted by molar-refractivity contribution is -0.746. The molecule has 2 aromatic heterocycles. The van der Waals surface area contributed by atoms with E-state index in [-0.39, 0.29) is 22.8 Å². The molecular formula is C23H31N6O11P. The van der Waals surface area contributed by atoms with Crippen molar-refractivity contribution in [3.8, 4) is 0 Å². The molecule has 17 nitrogen and oxygen atoms in total. The maximum atomic E-state index is 12.5. The number of anilines is 1. The first-order valence-electron chi connectivity index (χ1n) is 12.3. The molecule has 3 heterocycles. The highest BCUT2D eigenvalue weighted by Gasteiger charge is 2.49. The summed E-state index contributed by atoms with van der Waals surface area (Å²) >= 11 is 0. The first kappa shape index (κ1) is 30.7. The molecule has 5 N–H and O–H groups in total. The number of nitrogens with one attached hydrogen (secondary N) is 1. The molecule has 3 aromatic rings. The number of rotatable bonds is 10. The van der Waals surface area contributed by atoms with E-state index in [9.17, 15) is 29.5 Å². The Hall–Kier alpha value is -3.28. The van der Waals surface area contributed by atoms with Crippen LogP contribution in [-0.2, 0) is 30.3 Å². The van der Waals surface area contributed by atoms with Gasteiger partial charge < -0.3 is 39.4 Å². The number of hydrogen-bond acceptors (Lipinski definition) is 12. The van der Waals surface area contributed by atoms with Crippen LogP contribution in [0.4, 0.5) is 11.6 Å². The molecule has 6 atom stereocenters. The number of aromatic nitrogens is 4. The summed E-state index contributed by atoms with van der Waals surface area (Å²) in [7, 11) is -3.58. The van der Waals surface area contributed by atoms with E-state index in [1.807, 2.05) is 20.8 Å². The van der Waals surface area contributed by atoms with Gasteiger partial charge in [0.2, 0.25) is 11.7 Å². The van der Waals surface area contributed by atoms with E-state index in [0.717, 1.165) is 0 Å². The summed E-state index contributed by atoms with van der Waals surface area (Å²) < 4.78 is 36.2. The van der Waals surface area contributed by atoms with Crippen molar-refractivity contribution in [1.82, 2.24) is 14.5 Å². The number of aliphatic hydroxyl groups excluding tert-OH is 1. The number of nitrogens with two attached hydrogens (primary N) is 1. The lowest BCUT2D eigenvalue weighted by Crippen LogP contribution is -2.47. The number of phosphoric acid groups is 1. The van der Waals surface area contributed by atoms with Crippen molar-refractivity contribution in [2.24, 2.45) is 12.5 Å². The van der Waals surface area contributed by atoms with E-state index in [0.29, 0.717) is 5.56 Å². The fraction of sp³-hybridized carbons (Fsp3) is 0.522. The van der Waals surface area contributed by atoms with Crippen molar-refractivity contribution in [3.05, 3.63) is 56.6 Å². The van der Waals surface area contributed by atoms with Crippen molar-refractivity contribution in [2.75, 3.05) is 19.1 Å². The van der Waals surface area contributed by atoms with Crippen molar-refractivity contribution < 1.29 is 47.7 Å². The Morgan fingerprint density at radius 2 is 2.05 bits per heavy atom. The van der Waals surface area contributed by atoms with E-state index in [1.54, 1.807) is 19.2 Å². The summed E-state index contributed by atoms with van der Waals surface area (Å²) in [4.78, 5) is 50.4. The van der Waals surface area contributed by atoms with Gasteiger partial charge in [0.05, 0.1) is 30.2 Å². The average Bonchev–Trinajstić information content (AvgIpc) is 3.35. The quantitative estimate of drug-likeness (QED) is 0.0786. The normalized spacial score (nSPS) is 23.5. The summed E-state index contributed by atoms with van der Waals surface area (Å²) in [6, 6.07) is 6.12. The van der Waals surface area contributed by atoms with Crippen molar-refractivity contribution in [3.63, 3.8) is 0 Å². The Morgan fingerprint density at radius 1 is 1.37 bits per heavy atom. The molecule has 41 heavy (non-hydrogen) atoms. The van der Waals surface area contributed by atoms with Crippen LogP contribution in [0.15, 0.2) is 35.4 Å². The largest absolute Gasteiger partial charge is 0.756 e. The van der Waals surface area contributed by atoms with Gasteiger partial charge in [-0.05, 0) is 11.5 Å². The lowest BCUT2D eigenvalue weighted by atomic mass is 9.84. The molecule has 0 spiro atoms. The Balaban J connectivity index is 1.65. The van der Waals surface area contributed by atoms with Gasteiger partial charge in [-0.25, -0.2) is 4.57 Å². The minimum absolute atomic E-state index is 0.0752. The summed E-state index contributed by atoms with van der Waals surface area (Å²) in [5, 5.41) is 22.7. The first-order chi connectivity index (χ1) is 19.1. The Kier molecular flexibility index (Phi) is 8.63. The number of hydrogen-bond donors (Lipinski definition) is 4. The summed E-state index contributed by atoms with van der Waals surface area (Å²) in [5.74, 6) is -0.188. The number of nitrogens with zero attached hydrogens (tertiary/aromatic N) is 4. The fourth-order valence-electron chi connectivity index (χ4n) is 4.75. The third-order valence-corrected chi connectivity index (χ3v) is 6.95. The molecule has 0 radical (unpaired) electrons. The van der Waals surface area contributed by atoms with E-state index in [1.165, 1.54) is 27.6 Å². The zero-order chi connectivity index (χ0) is 30.3. The molecule has 224 valence electrons. The number of ether oxygens (including phenoxy) is 3. The monoisotopic (exact) mass is 598 g/mol. The number of aliphatic hydroxyl groups is 1. The number of benzene rings is 1. The average molecular weight is 599 g/mol. The number of nitro groups is 1. The van der Waals surface area contributed by atoms with Crippen molar-refractivity contribution in [2.45, 2.75) is 51.4 Å². The second-order valence-electron chi connectivity index (χ2n) is 10.6. The lowest BCUT2D eigenvalue weighted by Gasteiger charge is -2.31. The van der Waals surface area contributed by atoms with Gasteiger partial charge in [-0.2, -0.15) is 0 Å². The highest BCUT2D eigenvalue weighted by molar-refractivity contribution is 7.44. The Labute approximate surface area is 232 Å². The van der Waals surface area contributed by atoms with E-state index >= 15 is 0 Å². The second-order valence-corrected chi connectivity index (χ2v) is 11.8. The summed E-state index contributed by atoms with van der Waals surface area (Å²) in [6.07, 6.45) is -4.65. The van der Waals surface area contributed by atoms with Crippen LogP contribution in [0.25, 0.3) is 11.2 Å². The number of nitrogen functional groups attached to an aromatic ring is 1. The van der Waals surface area contributed by atoms with Gasteiger partial charge in [0, 0.05) is 6.07 Å². The van der Waals surface area contributed by atoms with E-state index < -0.39 is 67.8 Å². The number of fused-ring (bicyclic) bond motifs is 1. The van der Waals surface area contributed by atoms with Gasteiger partial charge in [0.15, 0.2) is 6.33 Å². The number of phosphoric ester groups is 1. The smallest absolute Gasteiger partial charge is 0.313 e. The third kappa shape index (κ3) is 6.63. The number of H-pyrrole nitrogens is 1. The molecule has 3 unspecified atom stereocenters. The van der Waals surface area contributed by atoms with Gasteiger partial charge in [-0.1, -0.05) is 37.9 Å². The molecule has 1 aliphatic rings. The molecule has 1 aliphatic heterocycles. The number of nitro benzene ring substituents is 1. The molecule has 1 fully saturated rings. The van der Waals surface area contributed by atoms with Crippen LogP contribution in [-0.4, -0.2) is 61.2 Å². The highest BCUT2D eigenvalue weighted by Crippen LogP contribution is 2.41. The minimum atomic E-state index is -5.15. The fourth-order valence-corrected chi connectivity index (χ4v) is 5.09. The van der Waals surface area contributed by atoms with Crippen LogP contribution in [0.1, 0.15) is 38.7 Å². The SMILES string of the molecule is Cn1c[n+]([C@@H]2O[C@H](COP(=O)([O-])O)[C@H](O)C2OCOC(c2ccccc2[N+](=O)[O-])C(C)(C)C)c2nc(N)[nH]c(=O)c21. The van der Waals surface area contributed by atoms with Crippen LogP contribution in [0.3, 0.4) is 0 Å². The summed E-state index contributed by atoms with van der Waals surface area (Å²) in [5.41, 5.74) is 4.94. The van der Waals surface area contributed by atoms with Crippen LogP contribution in [0.5, 0.6) is 0 Å². The van der Waals surface area contributed by atoms with Crippen LogP contribution < -0.4 is 20.8 Å². The molecule has 1 saturated heterocycles. The standard InChI is InChI=1S/C23H31N6O11P/c1-23(2,3)18(12-7-5-6-8-13(12)29(32)33)38-11-37-17-16(30)14(9-39-41(34,35)36)40-21(17)28-10-27(4)15-19(28)25-22(24)26-20(15)31/h5-8,10,14,16-18,21,30H,9,11H2,1-4H3,(H4-,24,25,26,31,34,35,36)/t14-,16+,17?,18?,21-/m1/s1. The minimum Gasteiger partial charge on any atom is -0.756 e. The molecule has 18 heteroatoms. The maximum Gasteiger partial charge on any atom is 0.313 e. The van der Waals surface area contributed by atoms with Crippen LogP contribution >= 0.6 is 7.82 Å². The summed E-state index contributed by atoms with van der Waals surface area (Å²) in [6.45, 7) is 4.25. The predicted octanol–water partition coefficient (Wildman–Crippen LogP) is -0.0782. The molecule has 0 amide bonds. The molecule has 0 saturated carbocycles. The van der Waals surface area contributed by atoms with E-state index in [2.05, 4.69) is 14.5 Å².